The van der Waals surface area contributed by atoms with Gasteiger partial charge in [0.05, 0.1) is 18.7 Å². The first-order valence-electron chi connectivity index (χ1n) is 5.29. The van der Waals surface area contributed by atoms with Gasteiger partial charge < -0.3 is 14.8 Å². The summed E-state index contributed by atoms with van der Waals surface area (Å²) in [6.07, 6.45) is 1.16. The second-order valence-electron chi connectivity index (χ2n) is 3.71. The van der Waals surface area contributed by atoms with Gasteiger partial charge in [0.2, 0.25) is 0 Å². The fourth-order valence-electron chi connectivity index (χ4n) is 1.75. The number of hydrogen-bond donors (Lipinski definition) is 1. The molecule has 1 aliphatic rings. The van der Waals surface area contributed by atoms with E-state index in [9.17, 15) is 0 Å². The van der Waals surface area contributed by atoms with Crippen LogP contribution in [0.5, 0.6) is 11.5 Å². The zero-order chi connectivity index (χ0) is 11.4. The van der Waals surface area contributed by atoms with Crippen LogP contribution in [-0.4, -0.2) is 26.3 Å². The number of rotatable bonds is 3. The van der Waals surface area contributed by atoms with Gasteiger partial charge in [0, 0.05) is 12.6 Å². The third-order valence-corrected chi connectivity index (χ3v) is 2.60. The molecule has 1 heterocycles. The molecule has 84 valence electrons. The molecule has 1 atom stereocenters. The summed E-state index contributed by atoms with van der Waals surface area (Å²) in [6.45, 7) is 1.82. The highest BCUT2D eigenvalue weighted by Gasteiger charge is 2.18. The minimum absolute atomic E-state index is 0.169. The maximum Gasteiger partial charge on any atom is 0.162 e. The molecule has 0 spiro atoms. The van der Waals surface area contributed by atoms with E-state index in [1.54, 1.807) is 25.3 Å². The van der Waals surface area contributed by atoms with Crippen molar-refractivity contribution in [2.75, 3.05) is 20.2 Å². The number of nitrogens with one attached hydrogen (secondary N) is 1. The number of nitrogens with zero attached hydrogens (tertiary/aromatic N) is 1. The second kappa shape index (κ2) is 4.86. The zero-order valence-electron chi connectivity index (χ0n) is 9.19. The highest BCUT2D eigenvalue weighted by atomic mass is 16.5. The summed E-state index contributed by atoms with van der Waals surface area (Å²) < 4.78 is 11.0. The molecular weight excluding hydrogens is 204 g/mol. The lowest BCUT2D eigenvalue weighted by atomic mass is 10.2. The highest BCUT2D eigenvalue weighted by molar-refractivity contribution is 5.46. The number of nitriles is 1. The van der Waals surface area contributed by atoms with Crippen LogP contribution in [-0.2, 0) is 0 Å². The third kappa shape index (κ3) is 2.26. The molecule has 1 aromatic rings. The Morgan fingerprint density at radius 2 is 2.31 bits per heavy atom. The van der Waals surface area contributed by atoms with Crippen LogP contribution in [0.2, 0.25) is 0 Å². The van der Waals surface area contributed by atoms with Gasteiger partial charge in [-0.05, 0) is 25.1 Å². The zero-order valence-corrected chi connectivity index (χ0v) is 9.19. The topological polar surface area (TPSA) is 54.3 Å². The molecular formula is C12H14N2O2. The van der Waals surface area contributed by atoms with Crippen molar-refractivity contribution in [2.45, 2.75) is 12.5 Å². The van der Waals surface area contributed by atoms with Gasteiger partial charge in [-0.2, -0.15) is 5.26 Å². The van der Waals surface area contributed by atoms with Gasteiger partial charge in [0.25, 0.3) is 0 Å². The molecule has 0 radical (unpaired) electrons. The van der Waals surface area contributed by atoms with E-state index in [2.05, 4.69) is 11.4 Å². The Bertz CT molecular complexity index is 406. The van der Waals surface area contributed by atoms with Crippen LogP contribution in [0, 0.1) is 11.3 Å². The Kier molecular flexibility index (Phi) is 3.28. The summed E-state index contributed by atoms with van der Waals surface area (Å²) in [6, 6.07) is 7.29. The summed E-state index contributed by atoms with van der Waals surface area (Å²) in [5.41, 5.74) is 0.585. The smallest absolute Gasteiger partial charge is 0.162 e. The summed E-state index contributed by atoms with van der Waals surface area (Å²) in [5, 5.41) is 12.1. The molecule has 2 rings (SSSR count). The number of methoxy groups -OCH3 is 1. The quantitative estimate of drug-likeness (QED) is 0.831. The van der Waals surface area contributed by atoms with Gasteiger partial charge in [-0.25, -0.2) is 0 Å². The van der Waals surface area contributed by atoms with E-state index in [-0.39, 0.29) is 6.10 Å². The lowest BCUT2D eigenvalue weighted by Crippen LogP contribution is -2.19. The van der Waals surface area contributed by atoms with Crippen molar-refractivity contribution in [2.24, 2.45) is 0 Å². The average Bonchev–Trinajstić information content (AvgIpc) is 2.82. The Balaban J connectivity index is 2.19. The van der Waals surface area contributed by atoms with E-state index in [0.717, 1.165) is 19.5 Å². The van der Waals surface area contributed by atoms with Crippen molar-refractivity contribution in [1.82, 2.24) is 5.32 Å². The van der Waals surface area contributed by atoms with E-state index < -0.39 is 0 Å². The van der Waals surface area contributed by atoms with Crippen LogP contribution in [0.3, 0.4) is 0 Å². The summed E-state index contributed by atoms with van der Waals surface area (Å²) in [5.74, 6) is 1.32. The Morgan fingerprint density at radius 3 is 2.94 bits per heavy atom. The molecule has 4 nitrogen and oxygen atoms in total. The number of hydrogen-bond acceptors (Lipinski definition) is 4. The molecule has 0 aliphatic carbocycles. The van der Waals surface area contributed by atoms with Crippen LogP contribution in [0.25, 0.3) is 0 Å². The van der Waals surface area contributed by atoms with E-state index in [0.29, 0.717) is 17.1 Å². The second-order valence-corrected chi connectivity index (χ2v) is 3.71. The first-order chi connectivity index (χ1) is 7.83. The lowest BCUT2D eigenvalue weighted by molar-refractivity contribution is 0.212. The molecule has 1 aromatic carbocycles. The number of benzene rings is 1. The predicted octanol–water partition coefficient (Wildman–Crippen LogP) is 1.31. The normalized spacial score (nSPS) is 19.1. The monoisotopic (exact) mass is 218 g/mol. The van der Waals surface area contributed by atoms with Crippen LogP contribution in [0.4, 0.5) is 0 Å². The van der Waals surface area contributed by atoms with Crippen molar-refractivity contribution >= 4 is 0 Å². The highest BCUT2D eigenvalue weighted by Crippen LogP contribution is 2.29. The summed E-state index contributed by atoms with van der Waals surface area (Å²) in [4.78, 5) is 0. The first-order valence-corrected chi connectivity index (χ1v) is 5.29. The summed E-state index contributed by atoms with van der Waals surface area (Å²) >= 11 is 0. The molecule has 1 fully saturated rings. The van der Waals surface area contributed by atoms with E-state index in [4.69, 9.17) is 14.7 Å². The Hall–Kier alpha value is -1.73. The minimum Gasteiger partial charge on any atom is -0.493 e. The van der Waals surface area contributed by atoms with Crippen molar-refractivity contribution < 1.29 is 9.47 Å². The van der Waals surface area contributed by atoms with Crippen molar-refractivity contribution in [3.05, 3.63) is 23.8 Å². The molecule has 0 aromatic heterocycles. The van der Waals surface area contributed by atoms with Crippen molar-refractivity contribution in [3.8, 4) is 17.6 Å². The molecule has 0 bridgehead atoms. The molecule has 0 amide bonds. The Labute approximate surface area is 94.8 Å². The van der Waals surface area contributed by atoms with Crippen LogP contribution >= 0.6 is 0 Å². The van der Waals surface area contributed by atoms with Gasteiger partial charge >= 0.3 is 0 Å². The molecule has 4 heteroatoms. The van der Waals surface area contributed by atoms with Crippen LogP contribution < -0.4 is 14.8 Å². The first kappa shape index (κ1) is 10.8. The third-order valence-electron chi connectivity index (χ3n) is 2.60. The largest absolute Gasteiger partial charge is 0.493 e. The van der Waals surface area contributed by atoms with Crippen molar-refractivity contribution in [3.63, 3.8) is 0 Å². The maximum absolute atomic E-state index is 8.83. The van der Waals surface area contributed by atoms with Gasteiger partial charge in [-0.3, -0.25) is 0 Å². The fourth-order valence-corrected chi connectivity index (χ4v) is 1.75. The Morgan fingerprint density at radius 1 is 1.44 bits per heavy atom. The average molecular weight is 218 g/mol. The van der Waals surface area contributed by atoms with E-state index >= 15 is 0 Å². The molecule has 1 N–H and O–H groups in total. The number of ether oxygens (including phenoxy) is 2. The maximum atomic E-state index is 8.83. The molecule has 16 heavy (non-hydrogen) atoms. The standard InChI is InChI=1S/C12H14N2O2/c1-15-11-3-2-9(7-13)6-12(11)16-10-4-5-14-8-10/h2-3,6,10,14H,4-5,8H2,1H3. The fraction of sp³-hybridized carbons (Fsp3) is 0.417. The van der Waals surface area contributed by atoms with Gasteiger partial charge in [-0.15, -0.1) is 0 Å². The van der Waals surface area contributed by atoms with E-state index in [1.165, 1.54) is 0 Å². The van der Waals surface area contributed by atoms with Gasteiger partial charge in [-0.1, -0.05) is 0 Å². The molecule has 1 unspecified atom stereocenters. The van der Waals surface area contributed by atoms with Crippen molar-refractivity contribution in [1.29, 1.82) is 5.26 Å². The van der Waals surface area contributed by atoms with E-state index in [1.807, 2.05) is 0 Å². The molecule has 0 saturated carbocycles. The molecule has 1 saturated heterocycles. The molecule has 1 aliphatic heterocycles. The lowest BCUT2D eigenvalue weighted by Gasteiger charge is -2.15. The SMILES string of the molecule is COc1ccc(C#N)cc1OC1CCNC1. The summed E-state index contributed by atoms with van der Waals surface area (Å²) in [7, 11) is 1.60. The van der Waals surface area contributed by atoms with Gasteiger partial charge in [0.1, 0.15) is 6.10 Å². The van der Waals surface area contributed by atoms with Crippen LogP contribution in [0.1, 0.15) is 12.0 Å². The predicted molar refractivity (Wildman–Crippen MR) is 59.6 cm³/mol. The van der Waals surface area contributed by atoms with Crippen LogP contribution in [0.15, 0.2) is 18.2 Å². The van der Waals surface area contributed by atoms with Gasteiger partial charge in [0.15, 0.2) is 11.5 Å². The minimum atomic E-state index is 0.169.